The Balaban J connectivity index is 2.43. The van der Waals surface area contributed by atoms with Gasteiger partial charge < -0.3 is 27.2 Å². The van der Waals surface area contributed by atoms with Crippen LogP contribution >= 0.6 is 0 Å². The Morgan fingerprint density at radius 2 is 1.68 bits per heavy atom. The van der Waals surface area contributed by atoms with Crippen LogP contribution in [-0.4, -0.2) is 42.6 Å². The first-order chi connectivity index (χ1) is 15.0. The summed E-state index contributed by atoms with van der Waals surface area (Å²) >= 11 is 0. The largest absolute Gasteiger partial charge is 0.508 e. The summed E-state index contributed by atoms with van der Waals surface area (Å²) in [5.74, 6) is -0.495. The lowest BCUT2D eigenvalue weighted by Crippen LogP contribution is -2.45. The van der Waals surface area contributed by atoms with Gasteiger partial charge in [0.25, 0.3) is 0 Å². The molecule has 0 heterocycles. The number of rotatable bonds is 18. The minimum atomic E-state index is -0.736. The summed E-state index contributed by atoms with van der Waals surface area (Å²) in [6, 6.07) is 4.46. The third-order valence-electron chi connectivity index (χ3n) is 5.38. The number of aromatic hydroxyl groups is 1. The van der Waals surface area contributed by atoms with E-state index in [1.165, 1.54) is 19.3 Å². The molecule has 0 fully saturated rings. The van der Waals surface area contributed by atoms with E-state index in [1.54, 1.807) is 12.1 Å². The number of phenols is 1. The Bertz CT molecular complexity index is 652. The summed E-state index contributed by atoms with van der Waals surface area (Å²) in [6.45, 7) is 4.78. The number of hydrogen-bond acceptors (Lipinski definition) is 5. The molecule has 0 spiro atoms. The summed E-state index contributed by atoms with van der Waals surface area (Å²) in [4.78, 5) is 23.7. The quantitative estimate of drug-likeness (QED) is 0.227. The Morgan fingerprint density at radius 1 is 1.00 bits per heavy atom. The van der Waals surface area contributed by atoms with Gasteiger partial charge >= 0.3 is 0 Å². The average molecular weight is 435 g/mol. The van der Waals surface area contributed by atoms with E-state index in [0.29, 0.717) is 19.3 Å². The molecule has 2 amide bonds. The number of nitrogens with two attached hydrogens (primary N) is 2. The van der Waals surface area contributed by atoms with E-state index in [1.807, 2.05) is 13.0 Å². The zero-order chi connectivity index (χ0) is 22.9. The topological polar surface area (TPSA) is 130 Å². The number of hydrogen-bond donors (Lipinski definition) is 5. The summed E-state index contributed by atoms with van der Waals surface area (Å²) in [5, 5.41) is 16.1. The number of aryl methyl sites for hydroxylation is 1. The van der Waals surface area contributed by atoms with Gasteiger partial charge in [-0.25, -0.2) is 0 Å². The van der Waals surface area contributed by atoms with Crippen LogP contribution in [0.4, 0.5) is 0 Å². The van der Waals surface area contributed by atoms with Crippen LogP contribution in [0.3, 0.4) is 0 Å². The van der Waals surface area contributed by atoms with Crippen LogP contribution in [0.5, 0.6) is 5.75 Å². The first-order valence-corrected chi connectivity index (χ1v) is 11.8. The molecule has 1 aromatic rings. The van der Waals surface area contributed by atoms with Gasteiger partial charge in [0, 0.05) is 12.8 Å². The smallest absolute Gasteiger partial charge is 0.240 e. The summed E-state index contributed by atoms with van der Waals surface area (Å²) in [7, 11) is 0. The molecule has 0 aliphatic carbocycles. The van der Waals surface area contributed by atoms with E-state index in [2.05, 4.69) is 10.6 Å². The van der Waals surface area contributed by atoms with E-state index >= 15 is 0 Å². The molecule has 7 heteroatoms. The average Bonchev–Trinajstić information content (AvgIpc) is 2.73. The highest BCUT2D eigenvalue weighted by Gasteiger charge is 2.19. The summed E-state index contributed by atoms with van der Waals surface area (Å²) < 4.78 is 0. The van der Waals surface area contributed by atoms with Gasteiger partial charge in [-0.05, 0) is 81.4 Å². The Kier molecular flexibility index (Phi) is 14.4. The molecule has 1 unspecified atom stereocenters. The predicted molar refractivity (Wildman–Crippen MR) is 126 cm³/mol. The van der Waals surface area contributed by atoms with Gasteiger partial charge in [0.05, 0.1) is 0 Å². The highest BCUT2D eigenvalue weighted by Crippen LogP contribution is 2.21. The van der Waals surface area contributed by atoms with Gasteiger partial charge in [-0.1, -0.05) is 32.3 Å². The molecule has 0 bridgehead atoms. The van der Waals surface area contributed by atoms with Crippen LogP contribution in [0.2, 0.25) is 0 Å². The lowest BCUT2D eigenvalue weighted by Gasteiger charge is -2.18. The molecule has 1 atom stereocenters. The number of carbonyl (C=O) groups excluding carboxylic acids is 2. The number of phenolic OH excluding ortho intramolecular Hbond substituents is 1. The third-order valence-corrected chi connectivity index (χ3v) is 5.38. The SMILES string of the molecule is CCCC(=O)NC(Cc1ccc(O)cc1CCCCCCCNCCCCN)C(N)=O. The van der Waals surface area contributed by atoms with Crippen molar-refractivity contribution in [3.8, 4) is 5.75 Å². The second-order valence-corrected chi connectivity index (χ2v) is 8.19. The minimum absolute atomic E-state index is 0.166. The summed E-state index contributed by atoms with van der Waals surface area (Å²) in [6.07, 6.45) is 10.2. The first kappa shape index (κ1) is 26.9. The molecule has 31 heavy (non-hydrogen) atoms. The number of amides is 2. The van der Waals surface area contributed by atoms with Crippen molar-refractivity contribution in [2.24, 2.45) is 11.5 Å². The Labute approximate surface area is 187 Å². The van der Waals surface area contributed by atoms with E-state index < -0.39 is 11.9 Å². The third kappa shape index (κ3) is 12.4. The van der Waals surface area contributed by atoms with Gasteiger partial charge in [0.1, 0.15) is 11.8 Å². The number of nitrogens with one attached hydrogen (secondary N) is 2. The van der Waals surface area contributed by atoms with Crippen molar-refractivity contribution in [2.45, 2.75) is 83.6 Å². The summed E-state index contributed by atoms with van der Waals surface area (Å²) in [5.41, 5.74) is 12.9. The first-order valence-electron chi connectivity index (χ1n) is 11.8. The van der Waals surface area contributed by atoms with Gasteiger partial charge in [-0.15, -0.1) is 0 Å². The Morgan fingerprint density at radius 3 is 2.35 bits per heavy atom. The zero-order valence-corrected chi connectivity index (χ0v) is 19.1. The highest BCUT2D eigenvalue weighted by molar-refractivity contribution is 5.86. The molecule has 0 saturated carbocycles. The molecular formula is C24H42N4O3. The number of benzene rings is 1. The molecule has 7 N–H and O–H groups in total. The van der Waals surface area contributed by atoms with Crippen molar-refractivity contribution < 1.29 is 14.7 Å². The number of primary amides is 1. The van der Waals surface area contributed by atoms with Crippen molar-refractivity contribution in [1.29, 1.82) is 0 Å². The van der Waals surface area contributed by atoms with Gasteiger partial charge in [-0.3, -0.25) is 9.59 Å². The molecule has 0 aromatic heterocycles. The van der Waals surface area contributed by atoms with Crippen molar-refractivity contribution >= 4 is 11.8 Å². The Hall–Kier alpha value is -2.12. The van der Waals surface area contributed by atoms with Crippen LogP contribution in [0, 0.1) is 0 Å². The fourth-order valence-corrected chi connectivity index (χ4v) is 3.60. The van der Waals surface area contributed by atoms with Gasteiger partial charge in [-0.2, -0.15) is 0 Å². The molecule has 176 valence electrons. The second kappa shape index (κ2) is 16.6. The molecule has 0 saturated heterocycles. The second-order valence-electron chi connectivity index (χ2n) is 8.19. The molecule has 0 aliphatic heterocycles. The number of carbonyl (C=O) groups is 2. The fraction of sp³-hybridized carbons (Fsp3) is 0.667. The maximum atomic E-state index is 11.9. The van der Waals surface area contributed by atoms with Crippen molar-refractivity contribution in [1.82, 2.24) is 10.6 Å². The van der Waals surface area contributed by atoms with Crippen molar-refractivity contribution in [2.75, 3.05) is 19.6 Å². The van der Waals surface area contributed by atoms with Crippen LogP contribution in [-0.2, 0) is 22.4 Å². The van der Waals surface area contributed by atoms with Crippen LogP contribution in [0.1, 0.15) is 75.8 Å². The molecule has 7 nitrogen and oxygen atoms in total. The molecule has 1 aromatic carbocycles. The van der Waals surface area contributed by atoms with E-state index in [0.717, 1.165) is 62.9 Å². The lowest BCUT2D eigenvalue weighted by molar-refractivity contribution is -0.127. The van der Waals surface area contributed by atoms with Crippen molar-refractivity contribution in [3.63, 3.8) is 0 Å². The lowest BCUT2D eigenvalue weighted by atomic mass is 9.95. The van der Waals surface area contributed by atoms with E-state index in [9.17, 15) is 14.7 Å². The van der Waals surface area contributed by atoms with Crippen LogP contribution < -0.4 is 22.1 Å². The zero-order valence-electron chi connectivity index (χ0n) is 19.1. The molecule has 0 radical (unpaired) electrons. The maximum absolute atomic E-state index is 11.9. The number of unbranched alkanes of at least 4 members (excludes halogenated alkanes) is 5. The van der Waals surface area contributed by atoms with Crippen LogP contribution in [0.25, 0.3) is 0 Å². The normalized spacial score (nSPS) is 11.9. The minimum Gasteiger partial charge on any atom is -0.508 e. The standard InChI is InChI=1S/C24H42N4O3/c1-2-10-23(30)28-22(24(26)31)18-20-12-13-21(29)17-19(20)11-6-4-3-5-8-15-27-16-9-7-14-25/h12-13,17,22,27,29H,2-11,14-16,18,25H2,1H3,(H2,26,31)(H,28,30). The predicted octanol–water partition coefficient (Wildman–Crippen LogP) is 2.53. The molecule has 0 aliphatic rings. The fourth-order valence-electron chi connectivity index (χ4n) is 3.60. The van der Waals surface area contributed by atoms with Gasteiger partial charge in [0.2, 0.25) is 11.8 Å². The van der Waals surface area contributed by atoms with E-state index in [-0.39, 0.29) is 11.7 Å². The van der Waals surface area contributed by atoms with Crippen molar-refractivity contribution in [3.05, 3.63) is 29.3 Å². The maximum Gasteiger partial charge on any atom is 0.240 e. The van der Waals surface area contributed by atoms with Gasteiger partial charge in [0.15, 0.2) is 0 Å². The van der Waals surface area contributed by atoms with Crippen LogP contribution in [0.15, 0.2) is 18.2 Å². The molecular weight excluding hydrogens is 392 g/mol. The monoisotopic (exact) mass is 434 g/mol. The van der Waals surface area contributed by atoms with E-state index in [4.69, 9.17) is 11.5 Å². The highest BCUT2D eigenvalue weighted by atomic mass is 16.3. The molecule has 1 rings (SSSR count).